The van der Waals surface area contributed by atoms with E-state index >= 15 is 0 Å². The molecule has 1 heterocycles. The molecule has 1 unspecified atom stereocenters. The van der Waals surface area contributed by atoms with Gasteiger partial charge in [0.15, 0.2) is 0 Å². The van der Waals surface area contributed by atoms with Crippen molar-refractivity contribution in [2.75, 3.05) is 26.2 Å². The maximum atomic E-state index is 13.1. The van der Waals surface area contributed by atoms with Crippen molar-refractivity contribution in [3.05, 3.63) is 42.5 Å². The summed E-state index contributed by atoms with van der Waals surface area (Å²) in [6.07, 6.45) is 1.46. The van der Waals surface area contributed by atoms with E-state index < -0.39 is 10.0 Å². The van der Waals surface area contributed by atoms with Crippen molar-refractivity contribution in [1.82, 2.24) is 9.21 Å². The Kier molecular flexibility index (Phi) is 5.63. The highest BCUT2D eigenvalue weighted by molar-refractivity contribution is 7.89. The standard InChI is InChI=1S/C20H26N2O3S/c1-3-21(4-2)20(23)18-10-7-13-22(15-18)26(24,25)19-12-11-16-8-5-6-9-17(16)14-19/h5-6,8-9,11-12,14,18H,3-4,7,10,13,15H2,1-2H3. The first-order valence-electron chi connectivity index (χ1n) is 9.25. The molecule has 140 valence electrons. The highest BCUT2D eigenvalue weighted by Gasteiger charge is 2.34. The molecule has 0 N–H and O–H groups in total. The first-order valence-corrected chi connectivity index (χ1v) is 10.7. The highest BCUT2D eigenvalue weighted by atomic mass is 32.2. The summed E-state index contributed by atoms with van der Waals surface area (Å²) >= 11 is 0. The summed E-state index contributed by atoms with van der Waals surface area (Å²) in [5.41, 5.74) is 0. The fourth-order valence-corrected chi connectivity index (χ4v) is 5.19. The van der Waals surface area contributed by atoms with E-state index in [4.69, 9.17) is 0 Å². The molecule has 0 saturated carbocycles. The van der Waals surface area contributed by atoms with Crippen LogP contribution in [0.25, 0.3) is 10.8 Å². The van der Waals surface area contributed by atoms with Gasteiger partial charge in [-0.3, -0.25) is 4.79 Å². The minimum absolute atomic E-state index is 0.0633. The zero-order chi connectivity index (χ0) is 18.7. The third kappa shape index (κ3) is 3.62. The zero-order valence-corrected chi connectivity index (χ0v) is 16.2. The summed E-state index contributed by atoms with van der Waals surface area (Å²) in [4.78, 5) is 14.7. The number of hydrogen-bond donors (Lipinski definition) is 0. The molecule has 1 aliphatic heterocycles. The average Bonchev–Trinajstić information content (AvgIpc) is 2.68. The molecule has 1 aliphatic rings. The smallest absolute Gasteiger partial charge is 0.243 e. The van der Waals surface area contributed by atoms with Gasteiger partial charge >= 0.3 is 0 Å². The van der Waals surface area contributed by atoms with Gasteiger partial charge in [-0.25, -0.2) is 8.42 Å². The van der Waals surface area contributed by atoms with E-state index in [1.165, 1.54) is 4.31 Å². The molecular weight excluding hydrogens is 348 g/mol. The van der Waals surface area contributed by atoms with Crippen molar-refractivity contribution in [2.45, 2.75) is 31.6 Å². The van der Waals surface area contributed by atoms with Crippen LogP contribution >= 0.6 is 0 Å². The van der Waals surface area contributed by atoms with Gasteiger partial charge < -0.3 is 4.90 Å². The Morgan fingerprint density at radius 2 is 1.81 bits per heavy atom. The van der Waals surface area contributed by atoms with Gasteiger partial charge in [-0.1, -0.05) is 30.3 Å². The van der Waals surface area contributed by atoms with Crippen LogP contribution in [0.5, 0.6) is 0 Å². The zero-order valence-electron chi connectivity index (χ0n) is 15.4. The van der Waals surface area contributed by atoms with Crippen molar-refractivity contribution in [3.8, 4) is 0 Å². The maximum absolute atomic E-state index is 13.1. The molecule has 0 spiro atoms. The molecule has 0 aromatic heterocycles. The Labute approximate surface area is 155 Å². The third-order valence-electron chi connectivity index (χ3n) is 5.17. The second-order valence-electron chi connectivity index (χ2n) is 6.72. The number of hydrogen-bond acceptors (Lipinski definition) is 3. The molecule has 1 atom stereocenters. The number of benzene rings is 2. The van der Waals surface area contributed by atoms with Gasteiger partial charge in [0.05, 0.1) is 10.8 Å². The molecule has 2 aromatic rings. The van der Waals surface area contributed by atoms with Crippen LogP contribution in [-0.4, -0.2) is 49.7 Å². The van der Waals surface area contributed by atoms with Crippen molar-refractivity contribution in [1.29, 1.82) is 0 Å². The molecule has 1 fully saturated rings. The average molecular weight is 375 g/mol. The summed E-state index contributed by atoms with van der Waals surface area (Å²) in [5, 5.41) is 1.92. The maximum Gasteiger partial charge on any atom is 0.243 e. The van der Waals surface area contributed by atoms with Crippen molar-refractivity contribution < 1.29 is 13.2 Å². The Morgan fingerprint density at radius 1 is 1.12 bits per heavy atom. The van der Waals surface area contributed by atoms with Crippen LogP contribution in [0.1, 0.15) is 26.7 Å². The number of carbonyl (C=O) groups is 1. The van der Waals surface area contributed by atoms with E-state index in [1.807, 2.05) is 44.2 Å². The van der Waals surface area contributed by atoms with Crippen LogP contribution in [0.3, 0.4) is 0 Å². The van der Waals surface area contributed by atoms with E-state index in [0.717, 1.165) is 17.2 Å². The Bertz CT molecular complexity index is 891. The summed E-state index contributed by atoms with van der Waals surface area (Å²) in [6.45, 7) is 5.95. The molecule has 5 nitrogen and oxygen atoms in total. The lowest BCUT2D eigenvalue weighted by atomic mass is 9.98. The number of amides is 1. The first-order chi connectivity index (χ1) is 12.5. The molecule has 26 heavy (non-hydrogen) atoms. The van der Waals surface area contributed by atoms with Crippen molar-refractivity contribution >= 4 is 26.7 Å². The molecule has 6 heteroatoms. The number of rotatable bonds is 5. The Hall–Kier alpha value is -1.92. The second-order valence-corrected chi connectivity index (χ2v) is 8.66. The number of nitrogens with zero attached hydrogens (tertiary/aromatic N) is 2. The highest BCUT2D eigenvalue weighted by Crippen LogP contribution is 2.27. The van der Waals surface area contributed by atoms with Crippen LogP contribution in [0.15, 0.2) is 47.4 Å². The summed E-state index contributed by atoms with van der Waals surface area (Å²) in [7, 11) is -3.60. The van der Waals surface area contributed by atoms with E-state index in [9.17, 15) is 13.2 Å². The first kappa shape index (κ1) is 18.9. The third-order valence-corrected chi connectivity index (χ3v) is 7.03. The molecule has 0 radical (unpaired) electrons. The minimum Gasteiger partial charge on any atom is -0.343 e. The van der Waals surface area contributed by atoms with Gasteiger partial charge in [-0.05, 0) is 49.6 Å². The van der Waals surface area contributed by atoms with Crippen molar-refractivity contribution in [3.63, 3.8) is 0 Å². The minimum atomic E-state index is -3.60. The number of sulfonamides is 1. The molecule has 0 aliphatic carbocycles. The SMILES string of the molecule is CCN(CC)C(=O)C1CCCN(S(=O)(=O)c2ccc3ccccc3c2)C1. The Morgan fingerprint density at radius 3 is 2.50 bits per heavy atom. The summed E-state index contributed by atoms with van der Waals surface area (Å²) < 4.78 is 27.7. The van der Waals surface area contributed by atoms with Crippen LogP contribution in [0.4, 0.5) is 0 Å². The van der Waals surface area contributed by atoms with Crippen LogP contribution in [0.2, 0.25) is 0 Å². The lowest BCUT2D eigenvalue weighted by Crippen LogP contribution is -2.46. The lowest BCUT2D eigenvalue weighted by Gasteiger charge is -2.33. The molecular formula is C20H26N2O3S. The second kappa shape index (κ2) is 7.76. The molecule has 1 saturated heterocycles. The largest absolute Gasteiger partial charge is 0.343 e. The normalized spacial score (nSPS) is 18.8. The van der Waals surface area contributed by atoms with E-state index in [-0.39, 0.29) is 18.4 Å². The molecule has 0 bridgehead atoms. The van der Waals surface area contributed by atoms with Crippen molar-refractivity contribution in [2.24, 2.45) is 5.92 Å². The monoisotopic (exact) mass is 374 g/mol. The van der Waals surface area contributed by atoms with Gasteiger partial charge in [0, 0.05) is 26.2 Å². The van der Waals surface area contributed by atoms with Gasteiger partial charge in [0.1, 0.15) is 0 Å². The van der Waals surface area contributed by atoms with Gasteiger partial charge in [-0.2, -0.15) is 4.31 Å². The number of fused-ring (bicyclic) bond motifs is 1. The van der Waals surface area contributed by atoms with Crippen LogP contribution in [-0.2, 0) is 14.8 Å². The van der Waals surface area contributed by atoms with Gasteiger partial charge in [-0.15, -0.1) is 0 Å². The van der Waals surface area contributed by atoms with Crippen LogP contribution in [0, 0.1) is 5.92 Å². The van der Waals surface area contributed by atoms with E-state index in [1.54, 1.807) is 17.0 Å². The fourth-order valence-electron chi connectivity index (χ4n) is 3.63. The van der Waals surface area contributed by atoms with Gasteiger partial charge in [0.25, 0.3) is 0 Å². The quantitative estimate of drug-likeness (QED) is 0.808. The van der Waals surface area contributed by atoms with Gasteiger partial charge in [0.2, 0.25) is 15.9 Å². The predicted octanol–water partition coefficient (Wildman–Crippen LogP) is 3.11. The number of piperidine rings is 1. The predicted molar refractivity (Wildman–Crippen MR) is 103 cm³/mol. The molecule has 1 amide bonds. The molecule has 2 aromatic carbocycles. The summed E-state index contributed by atoms with van der Waals surface area (Å²) in [6, 6.07) is 12.9. The summed E-state index contributed by atoms with van der Waals surface area (Å²) in [5.74, 6) is -0.188. The van der Waals surface area contributed by atoms with Crippen LogP contribution < -0.4 is 0 Å². The topological polar surface area (TPSA) is 57.7 Å². The number of carbonyl (C=O) groups excluding carboxylic acids is 1. The Balaban J connectivity index is 1.85. The molecule has 3 rings (SSSR count). The lowest BCUT2D eigenvalue weighted by molar-refractivity contribution is -0.136. The van der Waals surface area contributed by atoms with E-state index in [2.05, 4.69) is 0 Å². The van der Waals surface area contributed by atoms with E-state index in [0.29, 0.717) is 31.0 Å². The fraction of sp³-hybridized carbons (Fsp3) is 0.450.